The zero-order valence-electron chi connectivity index (χ0n) is 15.6. The minimum Gasteiger partial charge on any atom is -0.493 e. The summed E-state index contributed by atoms with van der Waals surface area (Å²) in [6, 6.07) is 9.28. The molecule has 0 spiro atoms. The third-order valence-electron chi connectivity index (χ3n) is 4.28. The lowest BCUT2D eigenvalue weighted by molar-refractivity contribution is 0.0696. The van der Waals surface area contributed by atoms with E-state index < -0.39 is 12.2 Å². The highest BCUT2D eigenvalue weighted by Crippen LogP contribution is 2.38. The van der Waals surface area contributed by atoms with Crippen LogP contribution in [-0.2, 0) is 4.74 Å². The largest absolute Gasteiger partial charge is 0.493 e. The monoisotopic (exact) mass is 385 g/mol. The number of rotatable bonds is 7. The Kier molecular flexibility index (Phi) is 5.60. The molecule has 0 aromatic heterocycles. The van der Waals surface area contributed by atoms with E-state index in [2.05, 4.69) is 4.99 Å². The van der Waals surface area contributed by atoms with Gasteiger partial charge in [0, 0.05) is 11.1 Å². The number of nitrogens with zero attached hydrogens (tertiary/aromatic N) is 1. The van der Waals surface area contributed by atoms with Crippen molar-refractivity contribution < 1.29 is 33.6 Å². The maximum absolute atomic E-state index is 12.9. The minimum atomic E-state index is -1.01. The van der Waals surface area contributed by atoms with Gasteiger partial charge in [-0.3, -0.25) is 4.79 Å². The molecule has 8 heteroatoms. The third kappa shape index (κ3) is 3.67. The third-order valence-corrected chi connectivity index (χ3v) is 4.28. The molecule has 1 atom stereocenters. The van der Waals surface area contributed by atoms with Crippen LogP contribution in [0.4, 0.5) is 0 Å². The van der Waals surface area contributed by atoms with Gasteiger partial charge >= 0.3 is 5.97 Å². The van der Waals surface area contributed by atoms with Gasteiger partial charge in [0.1, 0.15) is 5.71 Å². The Morgan fingerprint density at radius 3 is 2.11 bits per heavy atom. The van der Waals surface area contributed by atoms with Crippen LogP contribution in [0.15, 0.2) is 41.4 Å². The van der Waals surface area contributed by atoms with E-state index in [0.717, 1.165) is 0 Å². The molecule has 0 radical (unpaired) electrons. The second-order valence-electron chi connectivity index (χ2n) is 5.91. The molecule has 1 N–H and O–H groups in total. The number of hydrogen-bond acceptors (Lipinski definition) is 7. The first-order valence-electron chi connectivity index (χ1n) is 8.34. The van der Waals surface area contributed by atoms with Crippen LogP contribution >= 0.6 is 0 Å². The zero-order chi connectivity index (χ0) is 20.3. The van der Waals surface area contributed by atoms with Crippen LogP contribution in [0, 0.1) is 0 Å². The maximum atomic E-state index is 12.9. The van der Waals surface area contributed by atoms with Crippen LogP contribution in [0.5, 0.6) is 17.2 Å². The number of carboxylic acid groups (broad SMARTS) is 1. The van der Waals surface area contributed by atoms with Gasteiger partial charge in [0.05, 0.1) is 33.5 Å². The fraction of sp³-hybridized carbons (Fsp3) is 0.250. The highest BCUT2D eigenvalue weighted by molar-refractivity contribution is 6.47. The summed E-state index contributed by atoms with van der Waals surface area (Å²) in [5.41, 5.74) is 1.41. The molecule has 0 saturated heterocycles. The molecule has 146 valence electrons. The first-order chi connectivity index (χ1) is 13.5. The van der Waals surface area contributed by atoms with Crippen molar-refractivity contribution in [2.24, 2.45) is 4.99 Å². The van der Waals surface area contributed by atoms with Crippen LogP contribution in [0.1, 0.15) is 32.5 Å². The molecule has 1 heterocycles. The fourth-order valence-electron chi connectivity index (χ4n) is 2.84. The number of carboxylic acids is 1. The standard InChI is InChI=1S/C20H19NO7/c1-25-15-8-13(9-16(26-2)18(15)27-3)17(22)14-10-28-19(21-14)11-4-6-12(7-5-11)20(23)24/h4-9,19H,10H2,1-3H3,(H,23,24). The molecule has 28 heavy (non-hydrogen) atoms. The molecule has 1 aliphatic heterocycles. The first kappa shape index (κ1) is 19.4. The van der Waals surface area contributed by atoms with Crippen molar-refractivity contribution >= 4 is 17.5 Å². The number of hydrogen-bond donors (Lipinski definition) is 1. The Morgan fingerprint density at radius 2 is 1.61 bits per heavy atom. The molecule has 0 aliphatic carbocycles. The highest BCUT2D eigenvalue weighted by Gasteiger charge is 2.27. The Morgan fingerprint density at radius 1 is 1.00 bits per heavy atom. The molecule has 8 nitrogen and oxygen atoms in total. The van der Waals surface area contributed by atoms with Gasteiger partial charge in [0.25, 0.3) is 0 Å². The summed E-state index contributed by atoms with van der Waals surface area (Å²) in [6.45, 7) is 0.0425. The van der Waals surface area contributed by atoms with Crippen LogP contribution in [0.3, 0.4) is 0 Å². The molecule has 0 amide bonds. The van der Waals surface area contributed by atoms with Gasteiger partial charge in [-0.15, -0.1) is 0 Å². The Balaban J connectivity index is 1.87. The topological polar surface area (TPSA) is 104 Å². The van der Waals surface area contributed by atoms with Crippen molar-refractivity contribution in [3.8, 4) is 17.2 Å². The maximum Gasteiger partial charge on any atom is 0.335 e. The van der Waals surface area contributed by atoms with E-state index >= 15 is 0 Å². The number of carbonyl (C=O) groups is 2. The van der Waals surface area contributed by atoms with Gasteiger partial charge in [0.2, 0.25) is 11.5 Å². The summed E-state index contributed by atoms with van der Waals surface area (Å²) in [5, 5.41) is 8.97. The average Bonchev–Trinajstić information content (AvgIpc) is 3.22. The van der Waals surface area contributed by atoms with E-state index in [4.69, 9.17) is 24.1 Å². The quantitative estimate of drug-likeness (QED) is 0.731. The zero-order valence-corrected chi connectivity index (χ0v) is 15.6. The number of ether oxygens (including phenoxy) is 4. The number of ketones is 1. The smallest absolute Gasteiger partial charge is 0.335 e. The van der Waals surface area contributed by atoms with Crippen molar-refractivity contribution in [3.63, 3.8) is 0 Å². The van der Waals surface area contributed by atoms with E-state index in [-0.39, 0.29) is 23.7 Å². The van der Waals surface area contributed by atoms with Gasteiger partial charge in [0.15, 0.2) is 17.7 Å². The van der Waals surface area contributed by atoms with Gasteiger partial charge in [-0.05, 0) is 24.3 Å². The molecular weight excluding hydrogens is 366 g/mol. The van der Waals surface area contributed by atoms with Crippen molar-refractivity contribution in [2.45, 2.75) is 6.23 Å². The lowest BCUT2D eigenvalue weighted by Crippen LogP contribution is -2.16. The van der Waals surface area contributed by atoms with Crippen LogP contribution in [-0.4, -0.2) is 50.5 Å². The predicted octanol–water partition coefficient (Wildman–Crippen LogP) is 2.76. The fourth-order valence-corrected chi connectivity index (χ4v) is 2.84. The molecule has 0 saturated carbocycles. The summed E-state index contributed by atoms with van der Waals surface area (Å²) in [7, 11) is 4.42. The molecule has 3 rings (SSSR count). The number of aliphatic imine (C=N–C) groups is 1. The van der Waals surface area contributed by atoms with Crippen molar-refractivity contribution in [1.29, 1.82) is 0 Å². The van der Waals surface area contributed by atoms with E-state index in [1.54, 1.807) is 24.3 Å². The van der Waals surface area contributed by atoms with Crippen molar-refractivity contribution in [1.82, 2.24) is 0 Å². The summed E-state index contributed by atoms with van der Waals surface area (Å²) in [6.07, 6.45) is -0.663. The van der Waals surface area contributed by atoms with Crippen molar-refractivity contribution in [3.05, 3.63) is 53.1 Å². The van der Waals surface area contributed by atoms with Crippen LogP contribution in [0.2, 0.25) is 0 Å². The van der Waals surface area contributed by atoms with Gasteiger partial charge < -0.3 is 24.1 Å². The minimum absolute atomic E-state index is 0.0425. The van der Waals surface area contributed by atoms with E-state index in [0.29, 0.717) is 28.4 Å². The molecule has 1 aliphatic rings. The molecule has 0 bridgehead atoms. The Hall–Kier alpha value is -3.39. The SMILES string of the molecule is COc1cc(C(=O)C2=NC(c3ccc(C(=O)O)cc3)OC2)cc(OC)c1OC. The number of carbonyl (C=O) groups excluding carboxylic acids is 1. The number of methoxy groups -OCH3 is 3. The molecule has 0 fully saturated rings. The summed E-state index contributed by atoms with van der Waals surface area (Å²) >= 11 is 0. The second-order valence-corrected chi connectivity index (χ2v) is 5.91. The van der Waals surface area contributed by atoms with E-state index in [9.17, 15) is 9.59 Å². The molecular formula is C20H19NO7. The van der Waals surface area contributed by atoms with Gasteiger partial charge in [-0.2, -0.15) is 0 Å². The van der Waals surface area contributed by atoms with Crippen LogP contribution in [0.25, 0.3) is 0 Å². The number of aromatic carboxylic acids is 1. The second kappa shape index (κ2) is 8.10. The normalized spacial score (nSPS) is 15.7. The number of benzene rings is 2. The van der Waals surface area contributed by atoms with Crippen LogP contribution < -0.4 is 14.2 Å². The molecule has 2 aromatic rings. The number of Topliss-reactive ketones (excluding diaryl/α,β-unsaturated/α-hetero) is 1. The lowest BCUT2D eigenvalue weighted by Gasteiger charge is -2.13. The van der Waals surface area contributed by atoms with Gasteiger partial charge in [-0.1, -0.05) is 12.1 Å². The molecule has 2 aromatic carbocycles. The van der Waals surface area contributed by atoms with E-state index in [1.165, 1.54) is 33.5 Å². The first-order valence-corrected chi connectivity index (χ1v) is 8.34. The summed E-state index contributed by atoms with van der Waals surface area (Å²) < 4.78 is 21.4. The average molecular weight is 385 g/mol. The predicted molar refractivity (Wildman–Crippen MR) is 100.0 cm³/mol. The Bertz CT molecular complexity index is 909. The Labute approximate surface area is 161 Å². The van der Waals surface area contributed by atoms with Gasteiger partial charge in [-0.25, -0.2) is 9.79 Å². The summed E-state index contributed by atoms with van der Waals surface area (Å²) in [5.74, 6) is -0.205. The lowest BCUT2D eigenvalue weighted by atomic mass is 10.1. The highest BCUT2D eigenvalue weighted by atomic mass is 16.5. The van der Waals surface area contributed by atoms with E-state index in [1.807, 2.05) is 0 Å². The molecule has 1 unspecified atom stereocenters. The summed E-state index contributed by atoms with van der Waals surface area (Å²) in [4.78, 5) is 28.2. The van der Waals surface area contributed by atoms with Crippen molar-refractivity contribution in [2.75, 3.05) is 27.9 Å².